The molecule has 0 radical (unpaired) electrons. The van der Waals surface area contributed by atoms with Crippen LogP contribution in [0.2, 0.25) is 0 Å². The van der Waals surface area contributed by atoms with Crippen LogP contribution in [-0.4, -0.2) is 6.54 Å². The van der Waals surface area contributed by atoms with Gasteiger partial charge in [-0.05, 0) is 42.9 Å². The Morgan fingerprint density at radius 3 is 3.00 bits per heavy atom. The summed E-state index contributed by atoms with van der Waals surface area (Å²) in [6, 6.07) is 6.54. The molecular formula is C13H16ClN. The lowest BCUT2D eigenvalue weighted by Gasteiger charge is -2.19. The van der Waals surface area contributed by atoms with E-state index < -0.39 is 0 Å². The molecule has 0 saturated heterocycles. The molecule has 0 aliphatic heterocycles. The summed E-state index contributed by atoms with van der Waals surface area (Å²) in [5, 5.41) is 3.40. The van der Waals surface area contributed by atoms with E-state index in [9.17, 15) is 0 Å². The molecule has 0 spiro atoms. The van der Waals surface area contributed by atoms with Crippen molar-refractivity contribution in [3.05, 3.63) is 40.9 Å². The predicted octanol–water partition coefficient (Wildman–Crippen LogP) is 3.73. The van der Waals surface area contributed by atoms with Crippen LogP contribution in [-0.2, 0) is 12.8 Å². The number of nitrogens with one attached hydrogen (secondary N) is 1. The maximum atomic E-state index is 5.49. The van der Waals surface area contributed by atoms with E-state index in [4.69, 9.17) is 11.6 Å². The second-order valence-corrected chi connectivity index (χ2v) is 4.14. The highest BCUT2D eigenvalue weighted by molar-refractivity contribution is 6.25. The largest absolute Gasteiger partial charge is 0.381 e. The maximum absolute atomic E-state index is 5.49. The lowest BCUT2D eigenvalue weighted by Crippen LogP contribution is -2.08. The topological polar surface area (TPSA) is 12.0 Å². The monoisotopic (exact) mass is 221 g/mol. The summed E-state index contributed by atoms with van der Waals surface area (Å²) in [4.78, 5) is 0. The van der Waals surface area contributed by atoms with E-state index in [0.29, 0.717) is 0 Å². The van der Waals surface area contributed by atoms with Crippen molar-refractivity contribution >= 4 is 17.3 Å². The lowest BCUT2D eigenvalue weighted by atomic mass is 9.90. The summed E-state index contributed by atoms with van der Waals surface area (Å²) in [6.07, 6.45) is 7.01. The molecule has 15 heavy (non-hydrogen) atoms. The average Bonchev–Trinajstić information content (AvgIpc) is 2.30. The number of halogens is 1. The Hall–Kier alpha value is -0.950. The molecule has 0 saturated carbocycles. The van der Waals surface area contributed by atoms with E-state index in [0.717, 1.165) is 6.54 Å². The van der Waals surface area contributed by atoms with Gasteiger partial charge in [-0.3, -0.25) is 0 Å². The molecule has 80 valence electrons. The van der Waals surface area contributed by atoms with Crippen LogP contribution in [0.25, 0.3) is 0 Å². The van der Waals surface area contributed by atoms with E-state index in [2.05, 4.69) is 23.5 Å². The van der Waals surface area contributed by atoms with Gasteiger partial charge in [0.2, 0.25) is 0 Å². The SMILES string of the molecule is Cl/C=C/CNc1cccc2c1CCCC2. The van der Waals surface area contributed by atoms with Crippen molar-refractivity contribution in [1.29, 1.82) is 0 Å². The summed E-state index contributed by atoms with van der Waals surface area (Å²) in [7, 11) is 0. The van der Waals surface area contributed by atoms with Crippen molar-refractivity contribution < 1.29 is 0 Å². The number of aryl methyl sites for hydroxylation is 1. The van der Waals surface area contributed by atoms with Gasteiger partial charge in [-0.15, -0.1) is 0 Å². The van der Waals surface area contributed by atoms with E-state index in [1.54, 1.807) is 5.54 Å². The van der Waals surface area contributed by atoms with Gasteiger partial charge in [0.15, 0.2) is 0 Å². The average molecular weight is 222 g/mol. The van der Waals surface area contributed by atoms with E-state index in [1.165, 1.54) is 42.5 Å². The Bertz CT molecular complexity index is 358. The third kappa shape index (κ3) is 2.54. The van der Waals surface area contributed by atoms with Crippen LogP contribution in [0, 0.1) is 0 Å². The highest BCUT2D eigenvalue weighted by Crippen LogP contribution is 2.27. The molecule has 0 unspecified atom stereocenters. The van der Waals surface area contributed by atoms with Crippen molar-refractivity contribution in [2.75, 3.05) is 11.9 Å². The zero-order valence-electron chi connectivity index (χ0n) is 8.80. The smallest absolute Gasteiger partial charge is 0.0377 e. The van der Waals surface area contributed by atoms with Crippen molar-refractivity contribution in [3.63, 3.8) is 0 Å². The van der Waals surface area contributed by atoms with Crippen molar-refractivity contribution in [2.24, 2.45) is 0 Å². The molecule has 1 aromatic carbocycles. The van der Waals surface area contributed by atoms with Crippen LogP contribution in [0.15, 0.2) is 29.8 Å². The Morgan fingerprint density at radius 1 is 1.27 bits per heavy atom. The minimum atomic E-state index is 0.806. The molecular weight excluding hydrogens is 206 g/mol. The Balaban J connectivity index is 2.16. The van der Waals surface area contributed by atoms with Gasteiger partial charge in [0.05, 0.1) is 0 Å². The highest BCUT2D eigenvalue weighted by Gasteiger charge is 2.11. The van der Waals surface area contributed by atoms with Crippen LogP contribution in [0.5, 0.6) is 0 Å². The molecule has 0 amide bonds. The highest BCUT2D eigenvalue weighted by atomic mass is 35.5. The molecule has 1 aromatic rings. The fourth-order valence-electron chi connectivity index (χ4n) is 2.16. The van der Waals surface area contributed by atoms with Crippen molar-refractivity contribution in [3.8, 4) is 0 Å². The summed E-state index contributed by atoms with van der Waals surface area (Å²) in [6.45, 7) is 0.806. The lowest BCUT2D eigenvalue weighted by molar-refractivity contribution is 0.686. The van der Waals surface area contributed by atoms with Crippen LogP contribution < -0.4 is 5.32 Å². The van der Waals surface area contributed by atoms with Crippen LogP contribution in [0.3, 0.4) is 0 Å². The number of anilines is 1. The molecule has 0 bridgehead atoms. The van der Waals surface area contributed by atoms with Crippen LogP contribution >= 0.6 is 11.6 Å². The molecule has 2 heteroatoms. The molecule has 0 atom stereocenters. The number of hydrogen-bond donors (Lipinski definition) is 1. The zero-order chi connectivity index (χ0) is 10.5. The summed E-state index contributed by atoms with van der Waals surface area (Å²) in [5.41, 5.74) is 5.86. The molecule has 0 heterocycles. The Labute approximate surface area is 96.1 Å². The van der Waals surface area contributed by atoms with Gasteiger partial charge in [-0.2, -0.15) is 0 Å². The first-order valence-electron chi connectivity index (χ1n) is 5.51. The van der Waals surface area contributed by atoms with Gasteiger partial charge >= 0.3 is 0 Å². The van der Waals surface area contributed by atoms with Gasteiger partial charge in [0.25, 0.3) is 0 Å². The zero-order valence-corrected chi connectivity index (χ0v) is 9.56. The van der Waals surface area contributed by atoms with Crippen LogP contribution in [0.4, 0.5) is 5.69 Å². The third-order valence-corrected chi connectivity index (χ3v) is 3.07. The fourth-order valence-corrected chi connectivity index (χ4v) is 2.25. The molecule has 2 rings (SSSR count). The van der Waals surface area contributed by atoms with Gasteiger partial charge in [0.1, 0.15) is 0 Å². The van der Waals surface area contributed by atoms with Crippen LogP contribution in [0.1, 0.15) is 24.0 Å². The Morgan fingerprint density at radius 2 is 2.13 bits per heavy atom. The van der Waals surface area contributed by atoms with Crippen molar-refractivity contribution in [2.45, 2.75) is 25.7 Å². The first kappa shape index (κ1) is 10.6. The second-order valence-electron chi connectivity index (χ2n) is 3.89. The maximum Gasteiger partial charge on any atom is 0.0377 e. The number of hydrogen-bond acceptors (Lipinski definition) is 1. The van der Waals surface area contributed by atoms with Gasteiger partial charge in [0, 0.05) is 17.8 Å². The minimum absolute atomic E-state index is 0.806. The van der Waals surface area contributed by atoms with E-state index in [-0.39, 0.29) is 0 Å². The van der Waals surface area contributed by atoms with Gasteiger partial charge in [-0.1, -0.05) is 29.8 Å². The number of benzene rings is 1. The van der Waals surface area contributed by atoms with Crippen molar-refractivity contribution in [1.82, 2.24) is 0 Å². The first-order chi connectivity index (χ1) is 7.42. The predicted molar refractivity (Wildman–Crippen MR) is 66.6 cm³/mol. The summed E-state index contributed by atoms with van der Waals surface area (Å²) < 4.78 is 0. The number of rotatable bonds is 3. The standard InChI is InChI=1S/C13H16ClN/c14-9-4-10-15-13-8-3-6-11-5-1-2-7-12(11)13/h3-4,6,8-9,15H,1-2,5,7,10H2/b9-4+. The number of fused-ring (bicyclic) bond motifs is 1. The van der Waals surface area contributed by atoms with Gasteiger partial charge < -0.3 is 5.32 Å². The quantitative estimate of drug-likeness (QED) is 0.820. The van der Waals surface area contributed by atoms with Gasteiger partial charge in [-0.25, -0.2) is 0 Å². The molecule has 0 aromatic heterocycles. The molecule has 1 N–H and O–H groups in total. The summed E-state index contributed by atoms with van der Waals surface area (Å²) >= 11 is 5.49. The third-order valence-electron chi connectivity index (χ3n) is 2.90. The first-order valence-corrected chi connectivity index (χ1v) is 5.95. The van der Waals surface area contributed by atoms with E-state index >= 15 is 0 Å². The summed E-state index contributed by atoms with van der Waals surface area (Å²) in [5.74, 6) is 0. The fraction of sp³-hybridized carbons (Fsp3) is 0.385. The molecule has 1 nitrogen and oxygen atoms in total. The minimum Gasteiger partial charge on any atom is -0.381 e. The normalized spacial score (nSPS) is 15.3. The Kier molecular flexibility index (Phi) is 3.68. The van der Waals surface area contributed by atoms with E-state index in [1.807, 2.05) is 6.08 Å². The second kappa shape index (κ2) is 5.22. The molecule has 1 aliphatic rings. The molecule has 1 aliphatic carbocycles. The molecule has 0 fully saturated rings.